The Bertz CT molecular complexity index is 852. The fourth-order valence-corrected chi connectivity index (χ4v) is 3.20. The van der Waals surface area contributed by atoms with Crippen molar-refractivity contribution in [2.75, 3.05) is 0 Å². The summed E-state index contributed by atoms with van der Waals surface area (Å²) in [6.45, 7) is 5.47. The summed E-state index contributed by atoms with van der Waals surface area (Å²) in [5, 5.41) is 17.6. The molecule has 0 radical (unpaired) electrons. The number of benzene rings is 1. The largest absolute Gasteiger partial charge is 0.389 e. The molecule has 7 nitrogen and oxygen atoms in total. The lowest BCUT2D eigenvalue weighted by molar-refractivity contribution is 0.0945. The van der Waals surface area contributed by atoms with Gasteiger partial charge in [-0.05, 0) is 44.0 Å². The fraction of sp³-hybridized carbons (Fsp3) is 0.312. The first-order valence-electron chi connectivity index (χ1n) is 7.38. The van der Waals surface area contributed by atoms with Gasteiger partial charge in [0.25, 0.3) is 5.91 Å². The highest BCUT2D eigenvalue weighted by molar-refractivity contribution is 7.89. The summed E-state index contributed by atoms with van der Waals surface area (Å²) in [5.74, 6) is -0.293. The molecule has 130 valence electrons. The minimum absolute atomic E-state index is 0.0231. The number of aryl methyl sites for hydroxylation is 1. The number of aliphatic hydroxyl groups is 1. The van der Waals surface area contributed by atoms with Gasteiger partial charge in [0.1, 0.15) is 5.69 Å². The Kier molecular flexibility index (Phi) is 5.12. The molecule has 1 atom stereocenters. The standard InChI is InChI=1S/C16H21N3O4S/c1-9-14(11(3)20)10(2)19-15(9)16(21)18-8-12-4-6-13(7-5-12)24(17,22)23/h4-7,11,19-20H,8H2,1-3H3,(H,18,21)(H2,17,22,23)/t11-/m0/s1. The Morgan fingerprint density at radius 1 is 1.29 bits per heavy atom. The van der Waals surface area contributed by atoms with Crippen molar-refractivity contribution in [1.82, 2.24) is 10.3 Å². The van der Waals surface area contributed by atoms with Crippen molar-refractivity contribution in [3.8, 4) is 0 Å². The molecule has 0 spiro atoms. The number of hydrogen-bond acceptors (Lipinski definition) is 4. The van der Waals surface area contributed by atoms with E-state index in [9.17, 15) is 18.3 Å². The number of aromatic nitrogens is 1. The molecule has 1 aromatic carbocycles. The molecule has 0 fully saturated rings. The van der Waals surface area contributed by atoms with Crippen LogP contribution in [0.2, 0.25) is 0 Å². The van der Waals surface area contributed by atoms with Crippen LogP contribution in [0.25, 0.3) is 0 Å². The molecule has 1 amide bonds. The molecule has 2 aromatic rings. The third kappa shape index (κ3) is 3.84. The van der Waals surface area contributed by atoms with Crippen LogP contribution < -0.4 is 10.5 Å². The Balaban J connectivity index is 2.10. The topological polar surface area (TPSA) is 125 Å². The molecule has 0 unspecified atom stereocenters. The number of aromatic amines is 1. The Hall–Kier alpha value is -2.16. The second-order valence-corrected chi connectivity index (χ2v) is 7.27. The highest BCUT2D eigenvalue weighted by Crippen LogP contribution is 2.24. The van der Waals surface area contributed by atoms with E-state index in [4.69, 9.17) is 5.14 Å². The normalized spacial score (nSPS) is 12.9. The molecule has 1 aromatic heterocycles. The zero-order valence-corrected chi connectivity index (χ0v) is 14.6. The zero-order chi connectivity index (χ0) is 18.1. The van der Waals surface area contributed by atoms with E-state index in [0.717, 1.165) is 16.8 Å². The molecule has 2 rings (SSSR count). The van der Waals surface area contributed by atoms with Crippen molar-refractivity contribution in [3.63, 3.8) is 0 Å². The van der Waals surface area contributed by atoms with E-state index in [1.54, 1.807) is 32.9 Å². The fourth-order valence-electron chi connectivity index (χ4n) is 2.69. The predicted octanol–water partition coefficient (Wildman–Crippen LogP) is 1.26. The van der Waals surface area contributed by atoms with Crippen LogP contribution in [0.15, 0.2) is 29.2 Å². The van der Waals surface area contributed by atoms with Crippen LogP contribution in [0.1, 0.15) is 45.9 Å². The van der Waals surface area contributed by atoms with Crippen LogP contribution in [0.5, 0.6) is 0 Å². The van der Waals surface area contributed by atoms with Crippen LogP contribution in [-0.4, -0.2) is 24.4 Å². The summed E-state index contributed by atoms with van der Waals surface area (Å²) in [5.41, 5.74) is 3.34. The third-order valence-electron chi connectivity index (χ3n) is 3.85. The van der Waals surface area contributed by atoms with Crippen LogP contribution >= 0.6 is 0 Å². The van der Waals surface area contributed by atoms with Gasteiger partial charge in [-0.15, -0.1) is 0 Å². The van der Waals surface area contributed by atoms with Gasteiger partial charge < -0.3 is 15.4 Å². The molecule has 0 aliphatic heterocycles. The highest BCUT2D eigenvalue weighted by Gasteiger charge is 2.19. The van der Waals surface area contributed by atoms with E-state index in [1.165, 1.54) is 12.1 Å². The van der Waals surface area contributed by atoms with E-state index in [2.05, 4.69) is 10.3 Å². The predicted molar refractivity (Wildman–Crippen MR) is 89.9 cm³/mol. The number of carbonyl (C=O) groups excluding carboxylic acids is 1. The second-order valence-electron chi connectivity index (χ2n) is 5.71. The van der Waals surface area contributed by atoms with Crippen molar-refractivity contribution in [2.45, 2.75) is 38.3 Å². The average molecular weight is 351 g/mol. The van der Waals surface area contributed by atoms with Gasteiger partial charge >= 0.3 is 0 Å². The van der Waals surface area contributed by atoms with E-state index in [-0.39, 0.29) is 17.3 Å². The smallest absolute Gasteiger partial charge is 0.268 e. The van der Waals surface area contributed by atoms with Crippen molar-refractivity contribution >= 4 is 15.9 Å². The van der Waals surface area contributed by atoms with E-state index >= 15 is 0 Å². The van der Waals surface area contributed by atoms with Gasteiger partial charge in [0, 0.05) is 17.8 Å². The molecular formula is C16H21N3O4S. The summed E-state index contributed by atoms with van der Waals surface area (Å²) >= 11 is 0. The first kappa shape index (κ1) is 18.2. The summed E-state index contributed by atoms with van der Waals surface area (Å²) in [4.78, 5) is 15.3. The maximum Gasteiger partial charge on any atom is 0.268 e. The van der Waals surface area contributed by atoms with Gasteiger partial charge in [-0.2, -0.15) is 0 Å². The first-order valence-corrected chi connectivity index (χ1v) is 8.93. The Morgan fingerprint density at radius 3 is 2.33 bits per heavy atom. The summed E-state index contributed by atoms with van der Waals surface area (Å²) in [6, 6.07) is 5.97. The monoisotopic (exact) mass is 351 g/mol. The number of aliphatic hydroxyl groups excluding tert-OH is 1. The van der Waals surface area contributed by atoms with Crippen molar-refractivity contribution in [3.05, 3.63) is 52.3 Å². The number of amides is 1. The minimum Gasteiger partial charge on any atom is -0.389 e. The van der Waals surface area contributed by atoms with E-state index < -0.39 is 16.1 Å². The van der Waals surface area contributed by atoms with Crippen LogP contribution in [0, 0.1) is 13.8 Å². The van der Waals surface area contributed by atoms with Gasteiger partial charge in [-0.1, -0.05) is 12.1 Å². The number of hydrogen-bond donors (Lipinski definition) is 4. The van der Waals surface area contributed by atoms with Gasteiger partial charge in [0.2, 0.25) is 10.0 Å². The van der Waals surface area contributed by atoms with Gasteiger partial charge in [0.05, 0.1) is 11.0 Å². The zero-order valence-electron chi connectivity index (χ0n) is 13.8. The molecule has 8 heteroatoms. The lowest BCUT2D eigenvalue weighted by atomic mass is 10.1. The Morgan fingerprint density at radius 2 is 1.88 bits per heavy atom. The SMILES string of the molecule is Cc1[nH]c(C(=O)NCc2ccc(S(N)(=O)=O)cc2)c(C)c1[C@H](C)O. The number of nitrogens with two attached hydrogens (primary N) is 1. The molecule has 0 saturated carbocycles. The van der Waals surface area contributed by atoms with Crippen LogP contribution in [0.4, 0.5) is 0 Å². The Labute approximate surface area is 140 Å². The molecule has 0 bridgehead atoms. The summed E-state index contributed by atoms with van der Waals surface area (Å²) in [7, 11) is -3.73. The number of H-pyrrole nitrogens is 1. The molecule has 24 heavy (non-hydrogen) atoms. The number of sulfonamides is 1. The third-order valence-corrected chi connectivity index (χ3v) is 4.77. The minimum atomic E-state index is -3.73. The summed E-state index contributed by atoms with van der Waals surface area (Å²) in [6.07, 6.45) is -0.659. The van der Waals surface area contributed by atoms with E-state index in [0.29, 0.717) is 11.3 Å². The quantitative estimate of drug-likeness (QED) is 0.647. The van der Waals surface area contributed by atoms with Crippen molar-refractivity contribution < 1.29 is 18.3 Å². The maximum absolute atomic E-state index is 12.3. The van der Waals surface area contributed by atoms with Gasteiger partial charge in [-0.25, -0.2) is 13.6 Å². The summed E-state index contributed by atoms with van der Waals surface area (Å²) < 4.78 is 22.4. The number of primary sulfonamides is 1. The molecule has 0 saturated heterocycles. The number of carbonyl (C=O) groups is 1. The lowest BCUT2D eigenvalue weighted by Crippen LogP contribution is -2.24. The lowest BCUT2D eigenvalue weighted by Gasteiger charge is -2.07. The van der Waals surface area contributed by atoms with Crippen LogP contribution in [0.3, 0.4) is 0 Å². The maximum atomic E-state index is 12.3. The van der Waals surface area contributed by atoms with Crippen LogP contribution in [-0.2, 0) is 16.6 Å². The van der Waals surface area contributed by atoms with E-state index in [1.807, 2.05) is 0 Å². The molecule has 0 aliphatic carbocycles. The average Bonchev–Trinajstić information content (AvgIpc) is 2.79. The number of rotatable bonds is 5. The van der Waals surface area contributed by atoms with Gasteiger partial charge in [-0.3, -0.25) is 4.79 Å². The van der Waals surface area contributed by atoms with Crippen molar-refractivity contribution in [2.24, 2.45) is 5.14 Å². The first-order chi connectivity index (χ1) is 11.1. The molecule has 0 aliphatic rings. The molecule has 5 N–H and O–H groups in total. The molecular weight excluding hydrogens is 330 g/mol. The van der Waals surface area contributed by atoms with Gasteiger partial charge in [0.15, 0.2) is 0 Å². The number of nitrogens with one attached hydrogen (secondary N) is 2. The highest BCUT2D eigenvalue weighted by atomic mass is 32.2. The second kappa shape index (κ2) is 6.76. The molecule has 1 heterocycles. The van der Waals surface area contributed by atoms with Crippen molar-refractivity contribution in [1.29, 1.82) is 0 Å².